The predicted molar refractivity (Wildman–Crippen MR) is 109 cm³/mol. The van der Waals surface area contributed by atoms with Crippen molar-refractivity contribution in [1.29, 1.82) is 0 Å². The van der Waals surface area contributed by atoms with Crippen molar-refractivity contribution in [3.63, 3.8) is 0 Å². The minimum Gasteiger partial charge on any atom is -0.378 e. The first-order valence-electron chi connectivity index (χ1n) is 10.3. The smallest absolute Gasteiger partial charge is 0.257 e. The summed E-state index contributed by atoms with van der Waals surface area (Å²) in [5, 5.41) is 0. The molecule has 3 heterocycles. The average Bonchev–Trinajstić information content (AvgIpc) is 2.79. The van der Waals surface area contributed by atoms with Crippen molar-refractivity contribution < 1.29 is 9.53 Å². The Balaban J connectivity index is 1.41. The Morgan fingerprint density at radius 2 is 1.79 bits per heavy atom. The van der Waals surface area contributed by atoms with E-state index in [4.69, 9.17) is 4.74 Å². The summed E-state index contributed by atoms with van der Waals surface area (Å²) in [6, 6.07) is 10.8. The molecule has 0 spiro atoms. The molecule has 148 valence electrons. The normalized spacial score (nSPS) is 20.2. The molecule has 2 aliphatic rings. The van der Waals surface area contributed by atoms with Gasteiger partial charge >= 0.3 is 0 Å². The van der Waals surface area contributed by atoms with E-state index in [0.29, 0.717) is 30.8 Å². The van der Waals surface area contributed by atoms with Gasteiger partial charge in [0.1, 0.15) is 0 Å². The Morgan fingerprint density at radius 1 is 1.04 bits per heavy atom. The van der Waals surface area contributed by atoms with Crippen molar-refractivity contribution in [3.05, 3.63) is 53.9 Å². The first-order chi connectivity index (χ1) is 13.8. The van der Waals surface area contributed by atoms with E-state index in [1.807, 2.05) is 11.0 Å². The van der Waals surface area contributed by atoms with E-state index < -0.39 is 0 Å². The largest absolute Gasteiger partial charge is 0.378 e. The molecule has 2 aliphatic heterocycles. The lowest BCUT2D eigenvalue weighted by Crippen LogP contribution is -2.44. The highest BCUT2D eigenvalue weighted by atomic mass is 16.5. The summed E-state index contributed by atoms with van der Waals surface area (Å²) < 4.78 is 5.37. The third-order valence-electron chi connectivity index (χ3n) is 5.68. The van der Waals surface area contributed by atoms with Crippen molar-refractivity contribution in [2.75, 3.05) is 37.7 Å². The van der Waals surface area contributed by atoms with Gasteiger partial charge in [-0.3, -0.25) is 4.79 Å². The summed E-state index contributed by atoms with van der Waals surface area (Å²) in [4.78, 5) is 26.2. The van der Waals surface area contributed by atoms with Crippen LogP contribution in [0.3, 0.4) is 0 Å². The molecule has 0 bridgehead atoms. The van der Waals surface area contributed by atoms with E-state index in [1.165, 1.54) is 12.0 Å². The zero-order valence-electron chi connectivity index (χ0n) is 16.3. The summed E-state index contributed by atoms with van der Waals surface area (Å²) in [6.07, 6.45) is 8.71. The maximum atomic E-state index is 13.1. The zero-order chi connectivity index (χ0) is 19.2. The topological polar surface area (TPSA) is 58.6 Å². The fourth-order valence-corrected chi connectivity index (χ4v) is 4.07. The number of carbonyl (C=O) groups is 1. The highest BCUT2D eigenvalue weighted by Crippen LogP contribution is 2.23. The van der Waals surface area contributed by atoms with Crippen molar-refractivity contribution in [2.24, 2.45) is 0 Å². The molecule has 6 nitrogen and oxygen atoms in total. The number of hydrogen-bond donors (Lipinski definition) is 0. The number of ether oxygens (including phenoxy) is 1. The minimum absolute atomic E-state index is 0.0614. The van der Waals surface area contributed by atoms with Gasteiger partial charge in [-0.15, -0.1) is 0 Å². The lowest BCUT2D eigenvalue weighted by molar-refractivity contribution is 0.0601. The summed E-state index contributed by atoms with van der Waals surface area (Å²) in [5.41, 5.74) is 1.92. The molecule has 1 atom stereocenters. The van der Waals surface area contributed by atoms with Crippen LogP contribution in [-0.2, 0) is 11.2 Å². The van der Waals surface area contributed by atoms with E-state index >= 15 is 0 Å². The standard InChI is InChI=1S/C22H28N4O2/c27-21(19-16-23-22(24-17-19)25-12-14-28-15-13-25)26-11-5-4-8-20(26)10-9-18-6-2-1-3-7-18/h1-3,6-7,16-17,20H,4-5,8-15H2/t20-/m0/s1. The van der Waals surface area contributed by atoms with Crippen molar-refractivity contribution >= 4 is 11.9 Å². The minimum atomic E-state index is 0.0614. The van der Waals surface area contributed by atoms with E-state index in [-0.39, 0.29) is 5.91 Å². The number of piperidine rings is 1. The van der Waals surface area contributed by atoms with Gasteiger partial charge < -0.3 is 14.5 Å². The number of likely N-dealkylation sites (tertiary alicyclic amines) is 1. The number of rotatable bonds is 5. The van der Waals surface area contributed by atoms with Gasteiger partial charge in [-0.25, -0.2) is 9.97 Å². The molecule has 2 saturated heterocycles. The van der Waals surface area contributed by atoms with Crippen LogP contribution < -0.4 is 4.90 Å². The summed E-state index contributed by atoms with van der Waals surface area (Å²) in [7, 11) is 0. The molecule has 0 aliphatic carbocycles. The predicted octanol–water partition coefficient (Wildman–Crippen LogP) is 2.94. The van der Waals surface area contributed by atoms with Crippen LogP contribution in [0.1, 0.15) is 41.6 Å². The molecule has 6 heteroatoms. The second-order valence-corrected chi connectivity index (χ2v) is 7.54. The van der Waals surface area contributed by atoms with Crippen LogP contribution in [-0.4, -0.2) is 59.7 Å². The maximum Gasteiger partial charge on any atom is 0.257 e. The monoisotopic (exact) mass is 380 g/mol. The number of aryl methyl sites for hydroxylation is 1. The molecule has 0 saturated carbocycles. The number of carbonyl (C=O) groups excluding carboxylic acids is 1. The van der Waals surface area contributed by atoms with Crippen LogP contribution in [0.5, 0.6) is 0 Å². The summed E-state index contributed by atoms with van der Waals surface area (Å²) >= 11 is 0. The fourth-order valence-electron chi connectivity index (χ4n) is 4.07. The Kier molecular flexibility index (Phi) is 6.17. The Hall–Kier alpha value is -2.47. The SMILES string of the molecule is O=C(c1cnc(N2CCOCC2)nc1)N1CCCC[C@H]1CCc1ccccc1. The Bertz CT molecular complexity index is 760. The van der Waals surface area contributed by atoms with Crippen molar-refractivity contribution in [3.8, 4) is 0 Å². The van der Waals surface area contributed by atoms with Gasteiger partial charge in [0.05, 0.1) is 18.8 Å². The van der Waals surface area contributed by atoms with E-state index in [1.54, 1.807) is 12.4 Å². The Labute approximate surface area is 166 Å². The molecule has 1 amide bonds. The molecule has 0 radical (unpaired) electrons. The fraction of sp³-hybridized carbons (Fsp3) is 0.500. The van der Waals surface area contributed by atoms with Crippen molar-refractivity contribution in [2.45, 2.75) is 38.1 Å². The summed E-state index contributed by atoms with van der Waals surface area (Å²) in [6.45, 7) is 3.80. The van der Waals surface area contributed by atoms with Crippen LogP contribution in [0.25, 0.3) is 0 Å². The lowest BCUT2D eigenvalue weighted by atomic mass is 9.95. The molecule has 2 aromatic rings. The highest BCUT2D eigenvalue weighted by molar-refractivity contribution is 5.94. The number of amides is 1. The molecule has 0 unspecified atom stereocenters. The molecule has 1 aromatic carbocycles. The second-order valence-electron chi connectivity index (χ2n) is 7.54. The van der Waals surface area contributed by atoms with Gasteiger partial charge in [-0.2, -0.15) is 0 Å². The van der Waals surface area contributed by atoms with Gasteiger partial charge in [0.25, 0.3) is 5.91 Å². The average molecular weight is 380 g/mol. The maximum absolute atomic E-state index is 13.1. The van der Waals surface area contributed by atoms with Crippen LogP contribution in [0.15, 0.2) is 42.7 Å². The molecule has 1 aromatic heterocycles. The quantitative estimate of drug-likeness (QED) is 0.798. The third kappa shape index (κ3) is 4.50. The van der Waals surface area contributed by atoms with Crippen LogP contribution >= 0.6 is 0 Å². The number of benzene rings is 1. The zero-order valence-corrected chi connectivity index (χ0v) is 16.3. The second kappa shape index (κ2) is 9.15. The first-order valence-corrected chi connectivity index (χ1v) is 10.3. The highest BCUT2D eigenvalue weighted by Gasteiger charge is 2.28. The number of nitrogens with zero attached hydrogens (tertiary/aromatic N) is 4. The van der Waals surface area contributed by atoms with Gasteiger partial charge in [-0.1, -0.05) is 30.3 Å². The molecule has 2 fully saturated rings. The van der Waals surface area contributed by atoms with E-state index in [9.17, 15) is 4.79 Å². The number of aromatic nitrogens is 2. The Morgan fingerprint density at radius 3 is 2.54 bits per heavy atom. The van der Waals surface area contributed by atoms with Crippen LogP contribution in [0.4, 0.5) is 5.95 Å². The van der Waals surface area contributed by atoms with Crippen molar-refractivity contribution in [1.82, 2.24) is 14.9 Å². The van der Waals surface area contributed by atoms with E-state index in [0.717, 1.165) is 45.3 Å². The van der Waals surface area contributed by atoms with Gasteiger partial charge in [-0.05, 0) is 37.7 Å². The lowest BCUT2D eigenvalue weighted by Gasteiger charge is -2.36. The van der Waals surface area contributed by atoms with Gasteiger partial charge in [0, 0.05) is 38.1 Å². The first kappa shape index (κ1) is 18.9. The van der Waals surface area contributed by atoms with Gasteiger partial charge in [0.2, 0.25) is 5.95 Å². The van der Waals surface area contributed by atoms with Gasteiger partial charge in [0.15, 0.2) is 0 Å². The third-order valence-corrected chi connectivity index (χ3v) is 5.68. The summed E-state index contributed by atoms with van der Waals surface area (Å²) in [5.74, 6) is 0.741. The molecular formula is C22H28N4O2. The molecule has 28 heavy (non-hydrogen) atoms. The number of anilines is 1. The molecular weight excluding hydrogens is 352 g/mol. The van der Waals surface area contributed by atoms with Crippen LogP contribution in [0.2, 0.25) is 0 Å². The van der Waals surface area contributed by atoms with E-state index in [2.05, 4.69) is 39.1 Å². The molecule has 4 rings (SSSR count). The number of morpholine rings is 1. The van der Waals surface area contributed by atoms with Crippen LogP contribution in [0, 0.1) is 0 Å². The number of hydrogen-bond acceptors (Lipinski definition) is 5. The molecule has 0 N–H and O–H groups in total.